The maximum Gasteiger partial charge on any atom is 0.174 e. The van der Waals surface area contributed by atoms with Crippen molar-refractivity contribution in [1.29, 1.82) is 5.41 Å². The zero-order chi connectivity index (χ0) is 9.84. The van der Waals surface area contributed by atoms with Crippen LogP contribution in [0.4, 0.5) is 0 Å². The lowest BCUT2D eigenvalue weighted by molar-refractivity contribution is 0.960. The third kappa shape index (κ3) is 3.73. The molecule has 1 aromatic rings. The fourth-order valence-electron chi connectivity index (χ4n) is 0.850. The van der Waals surface area contributed by atoms with Gasteiger partial charge in [-0.3, -0.25) is 5.41 Å². The van der Waals surface area contributed by atoms with E-state index in [1.54, 1.807) is 23.1 Å². The van der Waals surface area contributed by atoms with Gasteiger partial charge in [-0.25, -0.2) is 0 Å². The van der Waals surface area contributed by atoms with E-state index in [1.807, 2.05) is 13.8 Å². The minimum atomic E-state index is 0.223. The summed E-state index contributed by atoms with van der Waals surface area (Å²) >= 11 is 3.19. The highest BCUT2D eigenvalue weighted by Crippen LogP contribution is 2.27. The average molecular weight is 216 g/mol. The first-order valence-corrected chi connectivity index (χ1v) is 5.57. The summed E-state index contributed by atoms with van der Waals surface area (Å²) in [6, 6.07) is 0. The van der Waals surface area contributed by atoms with Crippen LogP contribution in [0.2, 0.25) is 0 Å². The van der Waals surface area contributed by atoms with E-state index in [9.17, 15) is 0 Å². The Hall–Kier alpha value is -0.620. The van der Waals surface area contributed by atoms with Crippen molar-refractivity contribution in [2.45, 2.75) is 29.9 Å². The van der Waals surface area contributed by atoms with Crippen molar-refractivity contribution in [3.8, 4) is 0 Å². The molecule has 0 saturated carbocycles. The second-order valence-electron chi connectivity index (χ2n) is 2.74. The number of amidine groups is 1. The molecule has 72 valence electrons. The van der Waals surface area contributed by atoms with Gasteiger partial charge in [0.25, 0.3) is 0 Å². The van der Waals surface area contributed by atoms with Gasteiger partial charge in [-0.05, 0) is 6.92 Å². The smallest absolute Gasteiger partial charge is 0.174 e. The molecular weight excluding hydrogens is 204 g/mol. The molecule has 1 atom stereocenters. The van der Waals surface area contributed by atoms with Gasteiger partial charge in [0.15, 0.2) is 4.34 Å². The van der Waals surface area contributed by atoms with Gasteiger partial charge in [-0.2, -0.15) is 0 Å². The third-order valence-corrected chi connectivity index (χ3v) is 3.34. The van der Waals surface area contributed by atoms with Crippen molar-refractivity contribution in [3.63, 3.8) is 0 Å². The summed E-state index contributed by atoms with van der Waals surface area (Å²) in [6.07, 6.45) is 0.600. The van der Waals surface area contributed by atoms with Gasteiger partial charge in [0.1, 0.15) is 5.01 Å². The van der Waals surface area contributed by atoms with E-state index in [-0.39, 0.29) is 5.84 Å². The molecule has 3 N–H and O–H groups in total. The standard InChI is InChI=1S/C7H12N4S2/c1-4(3-6(8)9)12-7-11-10-5(2)13-7/h4H,3H2,1-2H3,(H3,8,9). The molecule has 4 nitrogen and oxygen atoms in total. The maximum absolute atomic E-state index is 7.13. The molecule has 1 unspecified atom stereocenters. The van der Waals surface area contributed by atoms with Crippen molar-refractivity contribution >= 4 is 28.9 Å². The van der Waals surface area contributed by atoms with Gasteiger partial charge in [-0.15, -0.1) is 10.2 Å². The summed E-state index contributed by atoms with van der Waals surface area (Å²) in [7, 11) is 0. The monoisotopic (exact) mass is 216 g/mol. The van der Waals surface area contributed by atoms with Gasteiger partial charge in [-0.1, -0.05) is 30.0 Å². The van der Waals surface area contributed by atoms with Crippen LogP contribution in [-0.2, 0) is 0 Å². The molecule has 0 fully saturated rings. The number of aryl methyl sites for hydroxylation is 1. The van der Waals surface area contributed by atoms with Gasteiger partial charge in [0.2, 0.25) is 0 Å². The van der Waals surface area contributed by atoms with Gasteiger partial charge in [0.05, 0.1) is 5.84 Å². The largest absolute Gasteiger partial charge is 0.388 e. The van der Waals surface area contributed by atoms with E-state index in [0.717, 1.165) is 9.35 Å². The first kappa shape index (κ1) is 10.5. The maximum atomic E-state index is 7.13. The molecular formula is C7H12N4S2. The first-order chi connectivity index (χ1) is 6.08. The molecule has 0 amide bonds. The van der Waals surface area contributed by atoms with E-state index in [1.165, 1.54) is 0 Å². The molecule has 1 heterocycles. The lowest BCUT2D eigenvalue weighted by Crippen LogP contribution is -2.14. The molecule has 0 saturated heterocycles. The molecule has 13 heavy (non-hydrogen) atoms. The Morgan fingerprint density at radius 3 is 2.85 bits per heavy atom. The minimum Gasteiger partial charge on any atom is -0.388 e. The summed E-state index contributed by atoms with van der Waals surface area (Å²) in [4.78, 5) is 0. The Kier molecular flexibility index (Phi) is 3.68. The van der Waals surface area contributed by atoms with Crippen molar-refractivity contribution in [2.24, 2.45) is 5.73 Å². The predicted octanol–water partition coefficient (Wildman–Crippen LogP) is 1.65. The quantitative estimate of drug-likeness (QED) is 0.456. The van der Waals surface area contributed by atoms with E-state index < -0.39 is 0 Å². The zero-order valence-electron chi connectivity index (χ0n) is 7.57. The number of aromatic nitrogens is 2. The highest BCUT2D eigenvalue weighted by Gasteiger charge is 2.09. The Morgan fingerprint density at radius 1 is 1.69 bits per heavy atom. The zero-order valence-corrected chi connectivity index (χ0v) is 9.21. The molecule has 1 rings (SSSR count). The van der Waals surface area contributed by atoms with E-state index in [4.69, 9.17) is 11.1 Å². The fraction of sp³-hybridized carbons (Fsp3) is 0.571. The lowest BCUT2D eigenvalue weighted by Gasteiger charge is -2.05. The van der Waals surface area contributed by atoms with E-state index in [2.05, 4.69) is 10.2 Å². The molecule has 0 spiro atoms. The number of nitrogens with one attached hydrogen (secondary N) is 1. The summed E-state index contributed by atoms with van der Waals surface area (Å²) in [5.74, 6) is 0.223. The molecule has 0 aliphatic rings. The summed E-state index contributed by atoms with van der Waals surface area (Å²) < 4.78 is 0.950. The first-order valence-electron chi connectivity index (χ1n) is 3.87. The van der Waals surface area contributed by atoms with Crippen LogP contribution in [0.1, 0.15) is 18.4 Å². The SMILES string of the molecule is Cc1nnc(SC(C)CC(=N)N)s1. The molecule has 6 heteroatoms. The fourth-order valence-corrected chi connectivity index (χ4v) is 3.01. The van der Waals surface area contributed by atoms with Crippen LogP contribution in [0.5, 0.6) is 0 Å². The number of hydrogen-bond acceptors (Lipinski definition) is 5. The number of hydrogen-bond donors (Lipinski definition) is 2. The number of nitrogens with two attached hydrogens (primary N) is 1. The Morgan fingerprint density at radius 2 is 2.38 bits per heavy atom. The van der Waals surface area contributed by atoms with Crippen molar-refractivity contribution < 1.29 is 0 Å². The Labute approximate surface area is 85.5 Å². The van der Waals surface area contributed by atoms with Crippen LogP contribution in [0.3, 0.4) is 0 Å². The molecule has 1 aromatic heterocycles. The van der Waals surface area contributed by atoms with Crippen LogP contribution in [-0.4, -0.2) is 21.3 Å². The molecule has 0 aromatic carbocycles. The summed E-state index contributed by atoms with van der Waals surface area (Å²) in [5.41, 5.74) is 5.29. The lowest BCUT2D eigenvalue weighted by atomic mass is 10.3. The topological polar surface area (TPSA) is 75.7 Å². The van der Waals surface area contributed by atoms with Crippen LogP contribution in [0, 0.1) is 12.3 Å². The second kappa shape index (κ2) is 4.57. The highest BCUT2D eigenvalue weighted by atomic mass is 32.2. The van der Waals surface area contributed by atoms with Crippen LogP contribution in [0.25, 0.3) is 0 Å². The van der Waals surface area contributed by atoms with Crippen molar-refractivity contribution in [1.82, 2.24) is 10.2 Å². The van der Waals surface area contributed by atoms with Crippen LogP contribution < -0.4 is 5.73 Å². The molecule has 0 radical (unpaired) electrons. The van der Waals surface area contributed by atoms with Gasteiger partial charge < -0.3 is 5.73 Å². The van der Waals surface area contributed by atoms with Gasteiger partial charge in [0, 0.05) is 11.7 Å². The van der Waals surface area contributed by atoms with Crippen molar-refractivity contribution in [3.05, 3.63) is 5.01 Å². The van der Waals surface area contributed by atoms with Crippen molar-refractivity contribution in [2.75, 3.05) is 0 Å². The Bertz CT molecular complexity index is 296. The average Bonchev–Trinajstić information content (AvgIpc) is 2.33. The predicted molar refractivity (Wildman–Crippen MR) is 56.5 cm³/mol. The highest BCUT2D eigenvalue weighted by molar-refractivity contribution is 8.01. The summed E-state index contributed by atoms with van der Waals surface area (Å²) in [5, 5.41) is 16.3. The second-order valence-corrected chi connectivity index (χ2v) is 5.61. The normalized spacial score (nSPS) is 12.8. The number of rotatable bonds is 4. The molecule has 0 bridgehead atoms. The Balaban J connectivity index is 2.44. The number of thioether (sulfide) groups is 1. The minimum absolute atomic E-state index is 0.223. The summed E-state index contributed by atoms with van der Waals surface area (Å²) in [6.45, 7) is 3.96. The van der Waals surface area contributed by atoms with Crippen LogP contribution in [0.15, 0.2) is 4.34 Å². The van der Waals surface area contributed by atoms with E-state index >= 15 is 0 Å². The third-order valence-electron chi connectivity index (χ3n) is 1.32. The van der Waals surface area contributed by atoms with E-state index in [0.29, 0.717) is 11.7 Å². The van der Waals surface area contributed by atoms with Gasteiger partial charge >= 0.3 is 0 Å². The van der Waals surface area contributed by atoms with Crippen LogP contribution >= 0.6 is 23.1 Å². The molecule has 0 aliphatic heterocycles. The molecule has 0 aliphatic carbocycles. The number of nitrogens with zero attached hydrogens (tertiary/aromatic N) is 2.